The van der Waals surface area contributed by atoms with Crippen molar-refractivity contribution in [3.05, 3.63) is 41.7 Å². The zero-order chi connectivity index (χ0) is 13.9. The fraction of sp³-hybridized carbons (Fsp3) is 0.429. The Morgan fingerprint density at radius 3 is 2.90 bits per heavy atom. The molecule has 2 heterocycles. The largest absolute Gasteiger partial charge is 0.380 e. The summed E-state index contributed by atoms with van der Waals surface area (Å²) < 4.78 is 0. The summed E-state index contributed by atoms with van der Waals surface area (Å²) in [6.07, 6.45) is -0.766. The van der Waals surface area contributed by atoms with Crippen LogP contribution in [0.4, 0.5) is 5.95 Å². The highest BCUT2D eigenvalue weighted by atomic mass is 16.3. The number of piperazine rings is 1. The standard InChI is InChI=1S/C14H19N5O/c1-10-9-19(8-7-15-10)14-16-13(17-18-14)12(20)11-5-3-2-4-6-11/h2-6,10,12,15,20H,7-9H2,1H3,(H,16,17,18). The SMILES string of the molecule is CC1CN(c2n[nH]c(C(O)c3ccccc3)n2)CCN1. The van der Waals surface area contributed by atoms with E-state index in [1.807, 2.05) is 30.3 Å². The fourth-order valence-electron chi connectivity index (χ4n) is 2.44. The van der Waals surface area contributed by atoms with Gasteiger partial charge in [0.1, 0.15) is 6.10 Å². The zero-order valence-electron chi connectivity index (χ0n) is 11.5. The minimum Gasteiger partial charge on any atom is -0.380 e. The number of anilines is 1. The lowest BCUT2D eigenvalue weighted by molar-refractivity contribution is 0.210. The lowest BCUT2D eigenvalue weighted by Gasteiger charge is -2.30. The molecule has 20 heavy (non-hydrogen) atoms. The van der Waals surface area contributed by atoms with Crippen molar-refractivity contribution < 1.29 is 5.11 Å². The number of H-pyrrole nitrogens is 1. The minimum absolute atomic E-state index is 0.421. The summed E-state index contributed by atoms with van der Waals surface area (Å²) in [7, 11) is 0. The van der Waals surface area contributed by atoms with Crippen LogP contribution in [0.15, 0.2) is 30.3 Å². The topological polar surface area (TPSA) is 77.1 Å². The first kappa shape index (κ1) is 13.1. The normalized spacial score (nSPS) is 20.9. The smallest absolute Gasteiger partial charge is 0.244 e. The van der Waals surface area contributed by atoms with Crippen LogP contribution in [-0.4, -0.2) is 46.0 Å². The average molecular weight is 273 g/mol. The molecule has 0 aliphatic carbocycles. The Hall–Kier alpha value is -1.92. The molecule has 2 unspecified atom stereocenters. The van der Waals surface area contributed by atoms with E-state index in [1.165, 1.54) is 0 Å². The molecule has 3 N–H and O–H groups in total. The number of aliphatic hydroxyl groups is 1. The molecule has 2 atom stereocenters. The first-order valence-electron chi connectivity index (χ1n) is 6.87. The summed E-state index contributed by atoms with van der Waals surface area (Å²) in [6.45, 7) is 4.81. The Kier molecular flexibility index (Phi) is 3.66. The summed E-state index contributed by atoms with van der Waals surface area (Å²) in [4.78, 5) is 6.55. The van der Waals surface area contributed by atoms with Gasteiger partial charge in [0.25, 0.3) is 0 Å². The maximum atomic E-state index is 10.3. The van der Waals surface area contributed by atoms with Crippen molar-refractivity contribution in [2.24, 2.45) is 0 Å². The van der Waals surface area contributed by atoms with Gasteiger partial charge in [-0.2, -0.15) is 4.98 Å². The van der Waals surface area contributed by atoms with Crippen LogP contribution in [0, 0.1) is 0 Å². The Morgan fingerprint density at radius 1 is 1.35 bits per heavy atom. The number of nitrogens with zero attached hydrogens (tertiary/aromatic N) is 3. The summed E-state index contributed by atoms with van der Waals surface area (Å²) in [5.74, 6) is 1.14. The summed E-state index contributed by atoms with van der Waals surface area (Å²) >= 11 is 0. The molecule has 0 amide bonds. The summed E-state index contributed by atoms with van der Waals surface area (Å²) in [5.41, 5.74) is 0.809. The van der Waals surface area contributed by atoms with E-state index >= 15 is 0 Å². The number of nitrogens with one attached hydrogen (secondary N) is 2. The molecule has 1 aliphatic heterocycles. The van der Waals surface area contributed by atoms with Crippen LogP contribution in [0.1, 0.15) is 24.4 Å². The molecule has 1 fully saturated rings. The molecule has 1 saturated heterocycles. The van der Waals surface area contributed by atoms with E-state index in [2.05, 4.69) is 32.3 Å². The predicted molar refractivity (Wildman–Crippen MR) is 76.6 cm³/mol. The van der Waals surface area contributed by atoms with Crippen LogP contribution in [0.25, 0.3) is 0 Å². The summed E-state index contributed by atoms with van der Waals surface area (Å²) in [6, 6.07) is 9.88. The molecule has 3 rings (SSSR count). The van der Waals surface area contributed by atoms with Gasteiger partial charge in [-0.25, -0.2) is 0 Å². The number of rotatable bonds is 3. The number of aromatic amines is 1. The van der Waals surface area contributed by atoms with E-state index in [4.69, 9.17) is 0 Å². The van der Waals surface area contributed by atoms with Gasteiger partial charge in [-0.1, -0.05) is 30.3 Å². The maximum absolute atomic E-state index is 10.3. The molecule has 1 aliphatic rings. The maximum Gasteiger partial charge on any atom is 0.244 e. The van der Waals surface area contributed by atoms with Crippen molar-refractivity contribution >= 4 is 5.95 Å². The van der Waals surface area contributed by atoms with Crippen molar-refractivity contribution in [1.29, 1.82) is 0 Å². The van der Waals surface area contributed by atoms with Gasteiger partial charge < -0.3 is 15.3 Å². The lowest BCUT2D eigenvalue weighted by atomic mass is 10.1. The molecule has 1 aromatic heterocycles. The third-order valence-corrected chi connectivity index (χ3v) is 3.52. The van der Waals surface area contributed by atoms with Crippen LogP contribution >= 0.6 is 0 Å². The average Bonchev–Trinajstić information content (AvgIpc) is 2.97. The second-order valence-corrected chi connectivity index (χ2v) is 5.14. The van der Waals surface area contributed by atoms with Crippen molar-refractivity contribution in [2.75, 3.05) is 24.5 Å². The number of aromatic nitrogens is 3. The first-order valence-corrected chi connectivity index (χ1v) is 6.87. The van der Waals surface area contributed by atoms with Gasteiger partial charge in [0.05, 0.1) is 0 Å². The molecular weight excluding hydrogens is 254 g/mol. The van der Waals surface area contributed by atoms with E-state index in [9.17, 15) is 5.11 Å². The van der Waals surface area contributed by atoms with Gasteiger partial charge in [-0.15, -0.1) is 5.10 Å². The Bertz CT molecular complexity index is 556. The molecule has 2 aromatic rings. The minimum atomic E-state index is -0.766. The van der Waals surface area contributed by atoms with Crippen LogP contribution < -0.4 is 10.2 Å². The van der Waals surface area contributed by atoms with Gasteiger partial charge in [-0.3, -0.25) is 5.10 Å². The van der Waals surface area contributed by atoms with Gasteiger partial charge in [-0.05, 0) is 12.5 Å². The quantitative estimate of drug-likeness (QED) is 0.767. The van der Waals surface area contributed by atoms with Crippen LogP contribution in [0.5, 0.6) is 0 Å². The van der Waals surface area contributed by atoms with Gasteiger partial charge in [0, 0.05) is 25.7 Å². The third-order valence-electron chi connectivity index (χ3n) is 3.52. The third kappa shape index (κ3) is 2.66. The van der Waals surface area contributed by atoms with Crippen molar-refractivity contribution in [1.82, 2.24) is 20.5 Å². The highest BCUT2D eigenvalue weighted by Gasteiger charge is 2.21. The van der Waals surface area contributed by atoms with E-state index < -0.39 is 6.10 Å². The highest BCUT2D eigenvalue weighted by molar-refractivity contribution is 5.32. The van der Waals surface area contributed by atoms with Gasteiger partial charge in [0.2, 0.25) is 5.95 Å². The molecule has 6 heteroatoms. The van der Waals surface area contributed by atoms with E-state index in [0.29, 0.717) is 17.8 Å². The monoisotopic (exact) mass is 273 g/mol. The lowest BCUT2D eigenvalue weighted by Crippen LogP contribution is -2.49. The predicted octanol–water partition coefficient (Wildman–Crippen LogP) is 0.684. The van der Waals surface area contributed by atoms with Crippen molar-refractivity contribution in [3.63, 3.8) is 0 Å². The number of hydrogen-bond acceptors (Lipinski definition) is 5. The van der Waals surface area contributed by atoms with Gasteiger partial charge >= 0.3 is 0 Å². The van der Waals surface area contributed by atoms with Crippen molar-refractivity contribution in [2.45, 2.75) is 19.1 Å². The van der Waals surface area contributed by atoms with Gasteiger partial charge in [0.15, 0.2) is 5.82 Å². The molecule has 6 nitrogen and oxygen atoms in total. The van der Waals surface area contributed by atoms with E-state index in [0.717, 1.165) is 25.2 Å². The highest BCUT2D eigenvalue weighted by Crippen LogP contribution is 2.20. The molecule has 0 bridgehead atoms. The second-order valence-electron chi connectivity index (χ2n) is 5.14. The van der Waals surface area contributed by atoms with Crippen LogP contribution in [0.3, 0.4) is 0 Å². The van der Waals surface area contributed by atoms with Crippen molar-refractivity contribution in [3.8, 4) is 0 Å². The van der Waals surface area contributed by atoms with Crippen LogP contribution in [0.2, 0.25) is 0 Å². The van der Waals surface area contributed by atoms with Crippen LogP contribution in [-0.2, 0) is 0 Å². The van der Waals surface area contributed by atoms with E-state index in [1.54, 1.807) is 0 Å². The Morgan fingerprint density at radius 2 is 2.15 bits per heavy atom. The number of hydrogen-bond donors (Lipinski definition) is 3. The second kappa shape index (κ2) is 5.60. The molecule has 0 radical (unpaired) electrons. The zero-order valence-corrected chi connectivity index (χ0v) is 11.5. The number of aliphatic hydroxyl groups excluding tert-OH is 1. The molecule has 106 valence electrons. The van der Waals surface area contributed by atoms with E-state index in [-0.39, 0.29) is 0 Å². The fourth-order valence-corrected chi connectivity index (χ4v) is 2.44. The molecular formula is C14H19N5O. The molecule has 1 aromatic carbocycles. The summed E-state index contributed by atoms with van der Waals surface area (Å²) in [5, 5.41) is 20.7. The first-order chi connectivity index (χ1) is 9.74. The number of benzene rings is 1. The Balaban J connectivity index is 1.76. The molecule has 0 saturated carbocycles. The molecule has 0 spiro atoms. The Labute approximate surface area is 117 Å².